The van der Waals surface area contributed by atoms with E-state index >= 15 is 0 Å². The van der Waals surface area contributed by atoms with E-state index in [9.17, 15) is 8.42 Å². The van der Waals surface area contributed by atoms with Crippen LogP contribution in [0.3, 0.4) is 0 Å². The smallest absolute Gasteiger partial charge is 0.223 e. The first-order valence-corrected chi connectivity index (χ1v) is 6.72. The molecule has 0 atom stereocenters. The van der Waals surface area contributed by atoms with Gasteiger partial charge in [-0.15, -0.1) is 0 Å². The molecule has 0 aliphatic heterocycles. The average Bonchev–Trinajstić information content (AvgIpc) is 2.67. The standard InChI is InChI=1S/C9H9N3O2S2/c1-6-2-4-7(5-3-6)8-11-9(15-12-8)16(10,13)14/h2-5H,1H3,(H2,10,13,14). The second kappa shape index (κ2) is 3.93. The monoisotopic (exact) mass is 255 g/mol. The number of hydrogen-bond donors (Lipinski definition) is 1. The topological polar surface area (TPSA) is 85.9 Å². The van der Waals surface area contributed by atoms with Gasteiger partial charge < -0.3 is 0 Å². The zero-order valence-corrected chi connectivity index (χ0v) is 10.0. The van der Waals surface area contributed by atoms with Crippen LogP contribution in [-0.4, -0.2) is 17.8 Å². The molecule has 0 fully saturated rings. The lowest BCUT2D eigenvalue weighted by molar-refractivity contribution is 0.597. The molecule has 1 aromatic heterocycles. The Morgan fingerprint density at radius 2 is 1.88 bits per heavy atom. The van der Waals surface area contributed by atoms with Crippen molar-refractivity contribution in [2.75, 3.05) is 0 Å². The Hall–Kier alpha value is -1.31. The summed E-state index contributed by atoms with van der Waals surface area (Å²) in [7, 11) is -3.75. The minimum atomic E-state index is -3.75. The lowest BCUT2D eigenvalue weighted by atomic mass is 10.1. The molecule has 1 heterocycles. The molecule has 0 saturated heterocycles. The van der Waals surface area contributed by atoms with E-state index in [2.05, 4.69) is 9.36 Å². The predicted octanol–water partition coefficient (Wildman–Crippen LogP) is 1.16. The maximum atomic E-state index is 11.0. The van der Waals surface area contributed by atoms with Crippen molar-refractivity contribution in [2.45, 2.75) is 11.3 Å². The van der Waals surface area contributed by atoms with Gasteiger partial charge in [0.15, 0.2) is 5.82 Å². The highest BCUT2D eigenvalue weighted by Crippen LogP contribution is 2.20. The number of aryl methyl sites for hydroxylation is 1. The van der Waals surface area contributed by atoms with Gasteiger partial charge in [-0.2, -0.15) is 4.37 Å². The first-order chi connectivity index (χ1) is 7.47. The number of nitrogens with zero attached hydrogens (tertiary/aromatic N) is 2. The van der Waals surface area contributed by atoms with Gasteiger partial charge in [-0.3, -0.25) is 0 Å². The molecule has 2 rings (SSSR count). The SMILES string of the molecule is Cc1ccc(-c2nsc(S(N)(=O)=O)n2)cc1. The third-order valence-corrected chi connectivity index (χ3v) is 3.97. The molecule has 84 valence electrons. The molecule has 0 aliphatic carbocycles. The second-order valence-corrected chi connectivity index (χ2v) is 5.78. The molecule has 2 aromatic rings. The third-order valence-electron chi connectivity index (χ3n) is 1.96. The van der Waals surface area contributed by atoms with Gasteiger partial charge in [0.05, 0.1) is 0 Å². The molecule has 16 heavy (non-hydrogen) atoms. The molecular formula is C9H9N3O2S2. The molecule has 0 saturated carbocycles. The van der Waals surface area contributed by atoms with Gasteiger partial charge in [0, 0.05) is 5.56 Å². The van der Waals surface area contributed by atoms with Crippen molar-refractivity contribution in [2.24, 2.45) is 5.14 Å². The Morgan fingerprint density at radius 1 is 1.25 bits per heavy atom. The fourth-order valence-corrected chi connectivity index (χ4v) is 2.32. The van der Waals surface area contributed by atoms with Crippen LogP contribution in [0.4, 0.5) is 0 Å². The lowest BCUT2D eigenvalue weighted by Crippen LogP contribution is -2.11. The van der Waals surface area contributed by atoms with Crippen LogP contribution in [0.5, 0.6) is 0 Å². The Labute approximate surface area is 97.2 Å². The Balaban J connectivity index is 2.43. The number of primary sulfonamides is 1. The summed E-state index contributed by atoms with van der Waals surface area (Å²) in [6.45, 7) is 1.97. The highest BCUT2D eigenvalue weighted by atomic mass is 32.2. The molecule has 0 radical (unpaired) electrons. The normalized spacial score (nSPS) is 11.6. The van der Waals surface area contributed by atoms with Crippen LogP contribution in [-0.2, 0) is 10.0 Å². The molecular weight excluding hydrogens is 246 g/mol. The van der Waals surface area contributed by atoms with Crippen LogP contribution in [0.25, 0.3) is 11.4 Å². The van der Waals surface area contributed by atoms with Crippen LogP contribution in [0.2, 0.25) is 0 Å². The summed E-state index contributed by atoms with van der Waals surface area (Å²) < 4.78 is 25.8. The van der Waals surface area contributed by atoms with Crippen LogP contribution in [0.15, 0.2) is 28.6 Å². The second-order valence-electron chi connectivity index (χ2n) is 3.29. The number of rotatable bonds is 2. The van der Waals surface area contributed by atoms with E-state index in [-0.39, 0.29) is 4.34 Å². The van der Waals surface area contributed by atoms with Gasteiger partial charge in [-0.1, -0.05) is 29.8 Å². The Morgan fingerprint density at radius 3 is 2.38 bits per heavy atom. The summed E-state index contributed by atoms with van der Waals surface area (Å²) in [6, 6.07) is 7.49. The van der Waals surface area contributed by atoms with Crippen molar-refractivity contribution in [1.29, 1.82) is 0 Å². The molecule has 5 nitrogen and oxygen atoms in total. The highest BCUT2D eigenvalue weighted by molar-refractivity contribution is 7.91. The summed E-state index contributed by atoms with van der Waals surface area (Å²) in [6.07, 6.45) is 0. The predicted molar refractivity (Wildman–Crippen MR) is 61.5 cm³/mol. The van der Waals surface area contributed by atoms with Gasteiger partial charge in [-0.05, 0) is 18.5 Å². The van der Waals surface area contributed by atoms with Gasteiger partial charge in [-0.25, -0.2) is 18.5 Å². The van der Waals surface area contributed by atoms with Crippen molar-refractivity contribution in [3.05, 3.63) is 29.8 Å². The zero-order chi connectivity index (χ0) is 11.8. The highest BCUT2D eigenvalue weighted by Gasteiger charge is 2.15. The summed E-state index contributed by atoms with van der Waals surface area (Å²) in [5.74, 6) is 0.383. The van der Waals surface area contributed by atoms with Gasteiger partial charge in [0.2, 0.25) is 4.34 Å². The molecule has 0 spiro atoms. The van der Waals surface area contributed by atoms with Crippen molar-refractivity contribution in [3.63, 3.8) is 0 Å². The number of sulfonamides is 1. The quantitative estimate of drug-likeness (QED) is 0.872. The Bertz CT molecular complexity index is 602. The molecule has 0 amide bonds. The van der Waals surface area contributed by atoms with Crippen molar-refractivity contribution in [3.8, 4) is 11.4 Å². The fraction of sp³-hybridized carbons (Fsp3) is 0.111. The van der Waals surface area contributed by atoms with Crippen molar-refractivity contribution >= 4 is 21.6 Å². The molecule has 0 unspecified atom stereocenters. The molecule has 7 heteroatoms. The Kier molecular flexibility index (Phi) is 2.75. The number of benzene rings is 1. The molecule has 1 aromatic carbocycles. The number of aromatic nitrogens is 2. The average molecular weight is 255 g/mol. The van der Waals surface area contributed by atoms with Crippen LogP contribution in [0.1, 0.15) is 5.56 Å². The van der Waals surface area contributed by atoms with E-state index < -0.39 is 10.0 Å². The first kappa shape index (κ1) is 11.2. The maximum absolute atomic E-state index is 11.0. The van der Waals surface area contributed by atoms with E-state index in [0.29, 0.717) is 5.82 Å². The van der Waals surface area contributed by atoms with Gasteiger partial charge in [0.25, 0.3) is 10.0 Å². The van der Waals surface area contributed by atoms with E-state index in [4.69, 9.17) is 5.14 Å². The lowest BCUT2D eigenvalue weighted by Gasteiger charge is -1.95. The maximum Gasteiger partial charge on any atom is 0.266 e. The van der Waals surface area contributed by atoms with Crippen LogP contribution >= 0.6 is 11.5 Å². The van der Waals surface area contributed by atoms with Crippen molar-refractivity contribution < 1.29 is 8.42 Å². The fourth-order valence-electron chi connectivity index (χ4n) is 1.15. The first-order valence-electron chi connectivity index (χ1n) is 4.40. The molecule has 2 N–H and O–H groups in total. The number of nitrogens with two attached hydrogens (primary N) is 1. The van der Waals surface area contributed by atoms with Gasteiger partial charge in [0.1, 0.15) is 0 Å². The molecule has 0 bridgehead atoms. The van der Waals surface area contributed by atoms with Crippen LogP contribution in [0, 0.1) is 6.92 Å². The van der Waals surface area contributed by atoms with Crippen LogP contribution < -0.4 is 5.14 Å². The summed E-state index contributed by atoms with van der Waals surface area (Å²) >= 11 is 0.781. The third kappa shape index (κ3) is 2.26. The summed E-state index contributed by atoms with van der Waals surface area (Å²) in [4.78, 5) is 3.88. The minimum Gasteiger partial charge on any atom is -0.223 e. The van der Waals surface area contributed by atoms with E-state index in [0.717, 1.165) is 22.7 Å². The van der Waals surface area contributed by atoms with E-state index in [1.807, 2.05) is 31.2 Å². The summed E-state index contributed by atoms with van der Waals surface area (Å²) in [5.41, 5.74) is 1.89. The van der Waals surface area contributed by atoms with E-state index in [1.165, 1.54) is 0 Å². The largest absolute Gasteiger partial charge is 0.266 e. The van der Waals surface area contributed by atoms with E-state index in [1.54, 1.807) is 0 Å². The van der Waals surface area contributed by atoms with Crippen molar-refractivity contribution in [1.82, 2.24) is 9.36 Å². The van der Waals surface area contributed by atoms with Gasteiger partial charge >= 0.3 is 0 Å². The zero-order valence-electron chi connectivity index (χ0n) is 8.41. The molecule has 0 aliphatic rings. The number of hydrogen-bond acceptors (Lipinski definition) is 5. The minimum absolute atomic E-state index is 0.164. The summed E-state index contributed by atoms with van der Waals surface area (Å²) in [5, 5.41) is 4.95.